The summed E-state index contributed by atoms with van der Waals surface area (Å²) in [6.07, 6.45) is 2.60. The van der Waals surface area contributed by atoms with Crippen LogP contribution in [0.15, 0.2) is 18.2 Å². The molecule has 0 saturated carbocycles. The van der Waals surface area contributed by atoms with Crippen molar-refractivity contribution in [3.63, 3.8) is 0 Å². The van der Waals surface area contributed by atoms with Gasteiger partial charge in [-0.15, -0.1) is 12.4 Å². The van der Waals surface area contributed by atoms with Crippen LogP contribution in [0.2, 0.25) is 0 Å². The number of carbonyl (C=O) groups excluding carboxylic acids is 1. The molecule has 112 valence electrons. The van der Waals surface area contributed by atoms with Gasteiger partial charge in [-0.05, 0) is 50.3 Å². The molecule has 0 radical (unpaired) electrons. The van der Waals surface area contributed by atoms with Crippen molar-refractivity contribution in [1.29, 1.82) is 0 Å². The standard InChI is InChI=1S/C16H24N2O.ClH/c1-11-6-4-7-14(13(11)3)15-8-5-9-18(15)16(19)10-12(2)17;/h4,6-7,12,15H,5,8-10,17H2,1-3H3;1H. The minimum Gasteiger partial charge on any atom is -0.336 e. The van der Waals surface area contributed by atoms with E-state index in [0.29, 0.717) is 6.42 Å². The third kappa shape index (κ3) is 3.53. The zero-order chi connectivity index (χ0) is 14.0. The largest absolute Gasteiger partial charge is 0.336 e. The van der Waals surface area contributed by atoms with E-state index in [4.69, 9.17) is 5.73 Å². The lowest BCUT2D eigenvalue weighted by molar-refractivity contribution is -0.132. The zero-order valence-corrected chi connectivity index (χ0v) is 13.4. The summed E-state index contributed by atoms with van der Waals surface area (Å²) in [5.74, 6) is 0.193. The van der Waals surface area contributed by atoms with Gasteiger partial charge in [0, 0.05) is 19.0 Å². The smallest absolute Gasteiger partial charge is 0.224 e. The van der Waals surface area contributed by atoms with Crippen LogP contribution in [-0.4, -0.2) is 23.4 Å². The van der Waals surface area contributed by atoms with Crippen molar-refractivity contribution < 1.29 is 4.79 Å². The number of hydrogen-bond acceptors (Lipinski definition) is 2. The lowest BCUT2D eigenvalue weighted by Crippen LogP contribution is -2.34. The number of rotatable bonds is 3. The van der Waals surface area contributed by atoms with E-state index in [1.807, 2.05) is 11.8 Å². The second-order valence-corrected chi connectivity index (χ2v) is 5.72. The highest BCUT2D eigenvalue weighted by Gasteiger charge is 2.30. The highest BCUT2D eigenvalue weighted by molar-refractivity contribution is 5.85. The molecule has 0 aromatic heterocycles. The molecule has 2 rings (SSSR count). The van der Waals surface area contributed by atoms with Crippen LogP contribution in [0.4, 0.5) is 0 Å². The SMILES string of the molecule is Cc1cccc(C2CCCN2C(=O)CC(C)N)c1C.Cl. The Morgan fingerprint density at radius 2 is 2.15 bits per heavy atom. The van der Waals surface area contributed by atoms with Crippen molar-refractivity contribution in [2.75, 3.05) is 6.54 Å². The van der Waals surface area contributed by atoms with E-state index in [0.717, 1.165) is 19.4 Å². The number of benzene rings is 1. The van der Waals surface area contributed by atoms with Gasteiger partial charge in [-0.1, -0.05) is 18.2 Å². The molecular weight excluding hydrogens is 272 g/mol. The molecular formula is C16H25ClN2O. The van der Waals surface area contributed by atoms with Gasteiger partial charge in [0.2, 0.25) is 5.91 Å². The van der Waals surface area contributed by atoms with Crippen LogP contribution in [0.5, 0.6) is 0 Å². The van der Waals surface area contributed by atoms with Gasteiger partial charge in [-0.3, -0.25) is 4.79 Å². The van der Waals surface area contributed by atoms with Gasteiger partial charge >= 0.3 is 0 Å². The van der Waals surface area contributed by atoms with Gasteiger partial charge in [0.15, 0.2) is 0 Å². The number of aryl methyl sites for hydroxylation is 1. The van der Waals surface area contributed by atoms with Crippen LogP contribution >= 0.6 is 12.4 Å². The van der Waals surface area contributed by atoms with Crippen molar-refractivity contribution in [2.45, 2.75) is 52.1 Å². The normalized spacial score (nSPS) is 19.6. The predicted molar refractivity (Wildman–Crippen MR) is 85.1 cm³/mol. The molecule has 2 atom stereocenters. The average molecular weight is 297 g/mol. The van der Waals surface area contributed by atoms with Gasteiger partial charge < -0.3 is 10.6 Å². The summed E-state index contributed by atoms with van der Waals surface area (Å²) in [6.45, 7) is 7.03. The molecule has 1 saturated heterocycles. The molecule has 20 heavy (non-hydrogen) atoms. The number of amides is 1. The summed E-state index contributed by atoms with van der Waals surface area (Å²) in [7, 11) is 0. The minimum absolute atomic E-state index is 0. The molecule has 1 amide bonds. The second-order valence-electron chi connectivity index (χ2n) is 5.72. The Kier molecular flexibility index (Phi) is 6.03. The summed E-state index contributed by atoms with van der Waals surface area (Å²) < 4.78 is 0. The zero-order valence-electron chi connectivity index (χ0n) is 12.6. The van der Waals surface area contributed by atoms with Crippen molar-refractivity contribution in [2.24, 2.45) is 5.73 Å². The van der Waals surface area contributed by atoms with Crippen LogP contribution in [0.1, 0.15) is 48.9 Å². The molecule has 0 aliphatic carbocycles. The molecule has 3 nitrogen and oxygen atoms in total. The van der Waals surface area contributed by atoms with Gasteiger partial charge in [0.25, 0.3) is 0 Å². The number of nitrogens with zero attached hydrogens (tertiary/aromatic N) is 1. The Balaban J connectivity index is 0.00000200. The molecule has 2 unspecified atom stereocenters. The summed E-state index contributed by atoms with van der Waals surface area (Å²) in [6, 6.07) is 6.55. The first kappa shape index (κ1) is 17.0. The summed E-state index contributed by atoms with van der Waals surface area (Å²) in [5, 5.41) is 0. The molecule has 1 aromatic rings. The maximum absolute atomic E-state index is 12.3. The van der Waals surface area contributed by atoms with Crippen LogP contribution in [-0.2, 0) is 4.79 Å². The summed E-state index contributed by atoms with van der Waals surface area (Å²) >= 11 is 0. The highest BCUT2D eigenvalue weighted by atomic mass is 35.5. The molecule has 1 fully saturated rings. The van der Waals surface area contributed by atoms with Gasteiger partial charge in [-0.2, -0.15) is 0 Å². The maximum Gasteiger partial charge on any atom is 0.224 e. The Hall–Kier alpha value is -1.06. The predicted octanol–water partition coefficient (Wildman–Crippen LogP) is 3.13. The monoisotopic (exact) mass is 296 g/mol. The van der Waals surface area contributed by atoms with Crippen LogP contribution in [0.25, 0.3) is 0 Å². The van der Waals surface area contributed by atoms with Crippen molar-refractivity contribution in [3.05, 3.63) is 34.9 Å². The fourth-order valence-corrected chi connectivity index (χ4v) is 2.92. The topological polar surface area (TPSA) is 46.3 Å². The first-order chi connectivity index (χ1) is 9.00. The Labute approximate surface area is 127 Å². The van der Waals surface area contributed by atoms with Crippen molar-refractivity contribution >= 4 is 18.3 Å². The highest BCUT2D eigenvalue weighted by Crippen LogP contribution is 2.34. The number of hydrogen-bond donors (Lipinski definition) is 1. The number of carbonyl (C=O) groups is 1. The molecule has 0 spiro atoms. The van der Waals surface area contributed by atoms with E-state index in [9.17, 15) is 4.79 Å². The lowest BCUT2D eigenvalue weighted by Gasteiger charge is -2.27. The molecule has 1 aliphatic rings. The van der Waals surface area contributed by atoms with Gasteiger partial charge in [0.1, 0.15) is 0 Å². The summed E-state index contributed by atoms with van der Waals surface area (Å²) in [4.78, 5) is 14.3. The van der Waals surface area contributed by atoms with E-state index >= 15 is 0 Å². The fraction of sp³-hybridized carbons (Fsp3) is 0.562. The molecule has 4 heteroatoms. The molecule has 0 bridgehead atoms. The third-order valence-electron chi connectivity index (χ3n) is 4.08. The van der Waals surface area contributed by atoms with E-state index in [2.05, 4.69) is 32.0 Å². The first-order valence-electron chi connectivity index (χ1n) is 7.12. The van der Waals surface area contributed by atoms with Crippen LogP contribution in [0, 0.1) is 13.8 Å². The number of likely N-dealkylation sites (tertiary alicyclic amines) is 1. The second kappa shape index (κ2) is 7.09. The first-order valence-corrected chi connectivity index (χ1v) is 7.12. The van der Waals surface area contributed by atoms with Gasteiger partial charge in [-0.25, -0.2) is 0 Å². The van der Waals surface area contributed by atoms with E-state index in [-0.39, 0.29) is 30.4 Å². The Morgan fingerprint density at radius 3 is 2.80 bits per heavy atom. The van der Waals surface area contributed by atoms with Crippen molar-refractivity contribution in [3.8, 4) is 0 Å². The molecule has 1 heterocycles. The van der Waals surface area contributed by atoms with Crippen LogP contribution in [0.3, 0.4) is 0 Å². The number of halogens is 1. The fourth-order valence-electron chi connectivity index (χ4n) is 2.92. The van der Waals surface area contributed by atoms with Crippen molar-refractivity contribution in [1.82, 2.24) is 4.90 Å². The Morgan fingerprint density at radius 1 is 1.45 bits per heavy atom. The van der Waals surface area contributed by atoms with Gasteiger partial charge in [0.05, 0.1) is 6.04 Å². The quantitative estimate of drug-likeness (QED) is 0.931. The molecule has 1 aliphatic heterocycles. The third-order valence-corrected chi connectivity index (χ3v) is 4.08. The van der Waals surface area contributed by atoms with E-state index in [1.54, 1.807) is 0 Å². The minimum atomic E-state index is -0.0626. The lowest BCUT2D eigenvalue weighted by atomic mass is 9.96. The molecule has 2 N–H and O–H groups in total. The molecule has 1 aromatic carbocycles. The van der Waals surface area contributed by atoms with E-state index < -0.39 is 0 Å². The van der Waals surface area contributed by atoms with E-state index in [1.165, 1.54) is 16.7 Å². The average Bonchev–Trinajstić information content (AvgIpc) is 2.80. The summed E-state index contributed by atoms with van der Waals surface area (Å²) in [5.41, 5.74) is 9.66. The number of nitrogens with two attached hydrogens (primary N) is 1. The van der Waals surface area contributed by atoms with Crippen LogP contribution < -0.4 is 5.73 Å². The Bertz CT molecular complexity index is 474. The maximum atomic E-state index is 12.3.